The Hall–Kier alpha value is -2.33. The van der Waals surface area contributed by atoms with Crippen LogP contribution in [0.2, 0.25) is 0 Å². The molecule has 1 aromatic rings. The minimum absolute atomic E-state index is 0.176. The minimum Gasteiger partial charge on any atom is -0.467 e. The number of nitrogens with zero attached hydrogens (tertiary/aromatic N) is 2. The van der Waals surface area contributed by atoms with Gasteiger partial charge in [0.2, 0.25) is 11.8 Å². The van der Waals surface area contributed by atoms with E-state index in [1.165, 1.54) is 11.2 Å². The number of primary amides is 1. The molecule has 0 radical (unpaired) electrons. The number of nitrogens with two attached hydrogens (primary N) is 2. The zero-order valence-electron chi connectivity index (χ0n) is 10.4. The van der Waals surface area contributed by atoms with Crippen molar-refractivity contribution in [2.75, 3.05) is 6.54 Å². The first-order valence-electron chi connectivity index (χ1n) is 5.76. The topological polar surface area (TPSA) is 126 Å². The van der Waals surface area contributed by atoms with E-state index in [2.05, 4.69) is 0 Å². The van der Waals surface area contributed by atoms with Gasteiger partial charge < -0.3 is 20.8 Å². The predicted molar refractivity (Wildman–Crippen MR) is 66.1 cm³/mol. The summed E-state index contributed by atoms with van der Waals surface area (Å²) in [5.74, 6) is -0.484. The SMILES string of the molecule is N#CCCN(Cc1ccco1)C(=O)C(N)CC(N)=O. The number of hydrogen-bond acceptors (Lipinski definition) is 5. The Morgan fingerprint density at radius 3 is 2.79 bits per heavy atom. The summed E-state index contributed by atoms with van der Waals surface area (Å²) in [6, 6.07) is 4.38. The van der Waals surface area contributed by atoms with Crippen LogP contribution in [0.4, 0.5) is 0 Å². The molecule has 1 aromatic heterocycles. The van der Waals surface area contributed by atoms with Crippen LogP contribution >= 0.6 is 0 Å². The van der Waals surface area contributed by atoms with Crippen molar-refractivity contribution >= 4 is 11.8 Å². The van der Waals surface area contributed by atoms with E-state index < -0.39 is 17.9 Å². The van der Waals surface area contributed by atoms with Crippen molar-refractivity contribution in [1.82, 2.24) is 4.90 Å². The van der Waals surface area contributed by atoms with Gasteiger partial charge in [-0.1, -0.05) is 0 Å². The van der Waals surface area contributed by atoms with Crippen LogP contribution in [0.1, 0.15) is 18.6 Å². The molecule has 1 heterocycles. The third-order valence-electron chi connectivity index (χ3n) is 2.47. The highest BCUT2D eigenvalue weighted by Crippen LogP contribution is 2.08. The maximum Gasteiger partial charge on any atom is 0.240 e. The summed E-state index contributed by atoms with van der Waals surface area (Å²) in [4.78, 5) is 24.2. The van der Waals surface area contributed by atoms with Gasteiger partial charge in [-0.05, 0) is 12.1 Å². The lowest BCUT2D eigenvalue weighted by Crippen LogP contribution is -2.45. The number of carbonyl (C=O) groups is 2. The first kappa shape index (κ1) is 14.7. The second-order valence-electron chi connectivity index (χ2n) is 4.02. The summed E-state index contributed by atoms with van der Waals surface area (Å²) < 4.78 is 5.15. The molecular weight excluding hydrogens is 248 g/mol. The predicted octanol–water partition coefficient (Wildman–Crippen LogP) is -0.275. The van der Waals surface area contributed by atoms with Gasteiger partial charge in [-0.15, -0.1) is 0 Å². The van der Waals surface area contributed by atoms with Gasteiger partial charge in [-0.25, -0.2) is 0 Å². The highest BCUT2D eigenvalue weighted by molar-refractivity contribution is 5.87. The monoisotopic (exact) mass is 264 g/mol. The van der Waals surface area contributed by atoms with Gasteiger partial charge in [0.15, 0.2) is 0 Å². The van der Waals surface area contributed by atoms with E-state index in [0.29, 0.717) is 5.76 Å². The molecule has 19 heavy (non-hydrogen) atoms. The molecule has 0 aliphatic heterocycles. The van der Waals surface area contributed by atoms with Gasteiger partial charge in [0.05, 0.1) is 37.8 Å². The number of hydrogen-bond donors (Lipinski definition) is 2. The van der Waals surface area contributed by atoms with Crippen LogP contribution in [-0.2, 0) is 16.1 Å². The van der Waals surface area contributed by atoms with Gasteiger partial charge in [0.25, 0.3) is 0 Å². The molecule has 1 unspecified atom stereocenters. The molecule has 1 atom stereocenters. The quantitative estimate of drug-likeness (QED) is 0.700. The van der Waals surface area contributed by atoms with Crippen molar-refractivity contribution in [2.45, 2.75) is 25.4 Å². The molecule has 0 aliphatic carbocycles. The second-order valence-corrected chi connectivity index (χ2v) is 4.02. The maximum atomic E-state index is 12.1. The molecular formula is C12H16N4O3. The average molecular weight is 264 g/mol. The molecule has 0 bridgehead atoms. The number of amides is 2. The Balaban J connectivity index is 2.69. The van der Waals surface area contributed by atoms with E-state index in [1.807, 2.05) is 6.07 Å². The van der Waals surface area contributed by atoms with E-state index in [4.69, 9.17) is 21.1 Å². The fourth-order valence-corrected chi connectivity index (χ4v) is 1.58. The lowest BCUT2D eigenvalue weighted by Gasteiger charge is -2.23. The number of nitriles is 1. The van der Waals surface area contributed by atoms with Crippen LogP contribution < -0.4 is 11.5 Å². The van der Waals surface area contributed by atoms with Gasteiger partial charge >= 0.3 is 0 Å². The molecule has 0 spiro atoms. The third-order valence-corrected chi connectivity index (χ3v) is 2.47. The fraction of sp³-hybridized carbons (Fsp3) is 0.417. The molecule has 0 aromatic carbocycles. The van der Waals surface area contributed by atoms with E-state index >= 15 is 0 Å². The summed E-state index contributed by atoms with van der Waals surface area (Å²) in [7, 11) is 0. The van der Waals surface area contributed by atoms with Crippen LogP contribution in [-0.4, -0.2) is 29.3 Å². The number of carbonyl (C=O) groups excluding carboxylic acids is 2. The van der Waals surface area contributed by atoms with Crippen molar-refractivity contribution in [1.29, 1.82) is 5.26 Å². The summed E-state index contributed by atoms with van der Waals surface area (Å²) >= 11 is 0. The number of rotatable bonds is 7. The molecule has 4 N–H and O–H groups in total. The average Bonchev–Trinajstić information content (AvgIpc) is 2.85. The maximum absolute atomic E-state index is 12.1. The minimum atomic E-state index is -0.994. The van der Waals surface area contributed by atoms with Crippen molar-refractivity contribution < 1.29 is 14.0 Å². The number of furan rings is 1. The lowest BCUT2D eigenvalue weighted by molar-refractivity contribution is -0.135. The lowest BCUT2D eigenvalue weighted by atomic mass is 10.1. The summed E-state index contributed by atoms with van der Waals surface area (Å²) in [6.45, 7) is 0.433. The molecule has 0 saturated heterocycles. The van der Waals surface area contributed by atoms with E-state index in [9.17, 15) is 9.59 Å². The van der Waals surface area contributed by atoms with Gasteiger partial charge in [0.1, 0.15) is 5.76 Å². The highest BCUT2D eigenvalue weighted by Gasteiger charge is 2.23. The molecule has 7 heteroatoms. The molecule has 102 valence electrons. The van der Waals surface area contributed by atoms with Crippen LogP contribution in [0.3, 0.4) is 0 Å². The van der Waals surface area contributed by atoms with Crippen molar-refractivity contribution in [3.8, 4) is 6.07 Å². The van der Waals surface area contributed by atoms with Gasteiger partial charge in [-0.3, -0.25) is 9.59 Å². The molecule has 2 amide bonds. The van der Waals surface area contributed by atoms with Crippen LogP contribution in [0.5, 0.6) is 0 Å². The third kappa shape index (κ3) is 4.81. The van der Waals surface area contributed by atoms with Crippen LogP contribution in [0.25, 0.3) is 0 Å². The second kappa shape index (κ2) is 7.18. The normalized spacial score (nSPS) is 11.6. The first-order chi connectivity index (χ1) is 9.04. The Labute approximate surface area is 110 Å². The molecule has 7 nitrogen and oxygen atoms in total. The Bertz CT molecular complexity index is 464. The van der Waals surface area contributed by atoms with Crippen molar-refractivity contribution in [3.05, 3.63) is 24.2 Å². The largest absolute Gasteiger partial charge is 0.467 e. The summed E-state index contributed by atoms with van der Waals surface area (Å²) in [6.07, 6.45) is 1.45. The van der Waals surface area contributed by atoms with Crippen LogP contribution in [0.15, 0.2) is 22.8 Å². The zero-order valence-corrected chi connectivity index (χ0v) is 10.4. The first-order valence-corrected chi connectivity index (χ1v) is 5.76. The highest BCUT2D eigenvalue weighted by atomic mass is 16.3. The van der Waals surface area contributed by atoms with E-state index in [0.717, 1.165) is 0 Å². The fourth-order valence-electron chi connectivity index (χ4n) is 1.58. The summed E-state index contributed by atoms with van der Waals surface area (Å²) in [5.41, 5.74) is 10.6. The Kier molecular flexibility index (Phi) is 5.57. The van der Waals surface area contributed by atoms with Crippen molar-refractivity contribution in [2.24, 2.45) is 11.5 Å². The van der Waals surface area contributed by atoms with Gasteiger partial charge in [-0.2, -0.15) is 5.26 Å². The van der Waals surface area contributed by atoms with E-state index in [1.54, 1.807) is 12.1 Å². The standard InChI is InChI=1S/C12H16N4O3/c13-4-2-5-16(8-9-3-1-6-19-9)12(18)10(14)7-11(15)17/h1,3,6,10H,2,5,7-8,14H2,(H2,15,17). The van der Waals surface area contributed by atoms with Crippen molar-refractivity contribution in [3.63, 3.8) is 0 Å². The molecule has 1 rings (SSSR count). The van der Waals surface area contributed by atoms with Crippen LogP contribution in [0, 0.1) is 11.3 Å². The zero-order chi connectivity index (χ0) is 14.3. The van der Waals surface area contributed by atoms with Gasteiger partial charge in [0, 0.05) is 6.54 Å². The summed E-state index contributed by atoms with van der Waals surface area (Å²) in [5, 5.41) is 8.59. The smallest absolute Gasteiger partial charge is 0.240 e. The molecule has 0 aliphatic rings. The van der Waals surface area contributed by atoms with E-state index in [-0.39, 0.29) is 25.9 Å². The molecule has 0 saturated carbocycles. The molecule has 0 fully saturated rings. The Morgan fingerprint density at radius 1 is 1.53 bits per heavy atom. The Morgan fingerprint density at radius 2 is 2.26 bits per heavy atom.